The summed E-state index contributed by atoms with van der Waals surface area (Å²) in [5.74, 6) is -0.464. The van der Waals surface area contributed by atoms with Crippen LogP contribution < -0.4 is 5.32 Å². The predicted molar refractivity (Wildman–Crippen MR) is 79.0 cm³/mol. The van der Waals surface area contributed by atoms with Gasteiger partial charge in [0.05, 0.1) is 0 Å². The van der Waals surface area contributed by atoms with E-state index in [1.54, 1.807) is 13.8 Å². The van der Waals surface area contributed by atoms with Crippen LogP contribution in [0.15, 0.2) is 24.3 Å². The van der Waals surface area contributed by atoms with E-state index in [4.69, 9.17) is 0 Å². The number of fused-ring (bicyclic) bond motifs is 3. The fourth-order valence-corrected chi connectivity index (χ4v) is 3.57. The second-order valence-corrected chi connectivity index (χ2v) is 6.43. The van der Waals surface area contributed by atoms with Crippen molar-refractivity contribution in [2.75, 3.05) is 0 Å². The molecule has 112 valence electrons. The van der Waals surface area contributed by atoms with E-state index < -0.39 is 11.5 Å². The molecular formula is C17H21NO3. The first kappa shape index (κ1) is 14.1. The number of aryl methyl sites for hydroxylation is 1. The van der Waals surface area contributed by atoms with Crippen LogP contribution >= 0.6 is 0 Å². The molecule has 1 aromatic rings. The summed E-state index contributed by atoms with van der Waals surface area (Å²) in [4.78, 5) is 23.8. The molecule has 0 heterocycles. The molecule has 2 aliphatic rings. The molecule has 1 fully saturated rings. The maximum Gasteiger partial charge on any atom is 0.329 e. The van der Waals surface area contributed by atoms with Crippen molar-refractivity contribution in [1.29, 1.82) is 0 Å². The highest BCUT2D eigenvalue weighted by Crippen LogP contribution is 2.59. The van der Waals surface area contributed by atoms with Gasteiger partial charge in [0.2, 0.25) is 5.91 Å². The molecule has 21 heavy (non-hydrogen) atoms. The largest absolute Gasteiger partial charge is 0.480 e. The Labute approximate surface area is 124 Å². The Balaban J connectivity index is 1.76. The van der Waals surface area contributed by atoms with Gasteiger partial charge in [-0.3, -0.25) is 4.79 Å². The standard InChI is InChI=1S/C17H21NO3/c1-3-17(2,16(20)21)18-15(19)14-12-9-8-10-6-4-5-7-11(10)13(12)14/h4-7,12-14H,3,8-9H2,1-2H3,(H,18,19)(H,20,21). The Bertz CT molecular complexity index is 597. The lowest BCUT2D eigenvalue weighted by Crippen LogP contribution is -2.52. The Morgan fingerprint density at radius 2 is 2.10 bits per heavy atom. The zero-order valence-electron chi connectivity index (χ0n) is 12.4. The van der Waals surface area contributed by atoms with Gasteiger partial charge in [0.15, 0.2) is 0 Å². The lowest BCUT2D eigenvalue weighted by molar-refractivity contribution is -0.147. The van der Waals surface area contributed by atoms with Gasteiger partial charge in [-0.25, -0.2) is 4.79 Å². The van der Waals surface area contributed by atoms with Crippen molar-refractivity contribution in [2.24, 2.45) is 11.8 Å². The molecule has 0 radical (unpaired) electrons. The summed E-state index contributed by atoms with van der Waals surface area (Å²) < 4.78 is 0. The second-order valence-electron chi connectivity index (χ2n) is 6.43. The van der Waals surface area contributed by atoms with Gasteiger partial charge in [-0.05, 0) is 49.1 Å². The lowest BCUT2D eigenvalue weighted by atomic mass is 9.92. The number of benzene rings is 1. The summed E-state index contributed by atoms with van der Waals surface area (Å²) in [5, 5.41) is 12.0. The highest BCUT2D eigenvalue weighted by Gasteiger charge is 2.57. The number of rotatable bonds is 4. The third kappa shape index (κ3) is 2.23. The average molecular weight is 287 g/mol. The smallest absolute Gasteiger partial charge is 0.329 e. The topological polar surface area (TPSA) is 66.4 Å². The number of aliphatic carboxylic acids is 1. The molecule has 0 aromatic heterocycles. The van der Waals surface area contributed by atoms with Gasteiger partial charge >= 0.3 is 5.97 Å². The van der Waals surface area contributed by atoms with Gasteiger partial charge < -0.3 is 10.4 Å². The molecule has 1 amide bonds. The van der Waals surface area contributed by atoms with E-state index in [2.05, 4.69) is 17.4 Å². The maximum atomic E-state index is 12.5. The van der Waals surface area contributed by atoms with Crippen LogP contribution in [-0.4, -0.2) is 22.5 Å². The molecule has 4 heteroatoms. The number of carboxylic acids is 1. The fraction of sp³-hybridized carbons (Fsp3) is 0.529. The van der Waals surface area contributed by atoms with Gasteiger partial charge in [0.1, 0.15) is 5.54 Å². The molecule has 0 aliphatic heterocycles. The van der Waals surface area contributed by atoms with Crippen molar-refractivity contribution < 1.29 is 14.7 Å². The third-order valence-electron chi connectivity index (χ3n) is 5.21. The maximum absolute atomic E-state index is 12.5. The molecule has 0 saturated heterocycles. The summed E-state index contributed by atoms with van der Waals surface area (Å²) in [5.41, 5.74) is 1.45. The molecular weight excluding hydrogens is 266 g/mol. The Hall–Kier alpha value is -1.84. The molecule has 1 saturated carbocycles. The zero-order valence-corrected chi connectivity index (χ0v) is 12.4. The minimum absolute atomic E-state index is 0.0566. The molecule has 4 atom stereocenters. The summed E-state index contributed by atoms with van der Waals surface area (Å²) in [6.45, 7) is 3.36. The third-order valence-corrected chi connectivity index (χ3v) is 5.21. The van der Waals surface area contributed by atoms with E-state index in [0.29, 0.717) is 12.3 Å². The Morgan fingerprint density at radius 3 is 2.76 bits per heavy atom. The quantitative estimate of drug-likeness (QED) is 0.893. The number of carboxylic acid groups (broad SMARTS) is 1. The van der Waals surface area contributed by atoms with Crippen molar-refractivity contribution in [2.45, 2.75) is 44.6 Å². The first-order chi connectivity index (χ1) is 9.98. The minimum Gasteiger partial charge on any atom is -0.480 e. The summed E-state index contributed by atoms with van der Waals surface area (Å²) in [6.07, 6.45) is 2.42. The summed E-state index contributed by atoms with van der Waals surface area (Å²) in [6, 6.07) is 8.29. The summed E-state index contributed by atoms with van der Waals surface area (Å²) in [7, 11) is 0. The van der Waals surface area contributed by atoms with Gasteiger partial charge in [0, 0.05) is 5.92 Å². The lowest BCUT2D eigenvalue weighted by Gasteiger charge is -2.24. The van der Waals surface area contributed by atoms with E-state index in [9.17, 15) is 14.7 Å². The van der Waals surface area contributed by atoms with Crippen molar-refractivity contribution >= 4 is 11.9 Å². The number of hydrogen-bond acceptors (Lipinski definition) is 2. The number of hydrogen-bond donors (Lipinski definition) is 2. The molecule has 4 unspecified atom stereocenters. The normalized spacial score (nSPS) is 28.8. The SMILES string of the molecule is CCC(C)(NC(=O)C1C2CCc3ccccc3C21)C(=O)O. The first-order valence-corrected chi connectivity index (χ1v) is 7.61. The summed E-state index contributed by atoms with van der Waals surface area (Å²) >= 11 is 0. The number of carbonyl (C=O) groups excluding carboxylic acids is 1. The monoisotopic (exact) mass is 287 g/mol. The van der Waals surface area contributed by atoms with E-state index in [0.717, 1.165) is 12.8 Å². The fourth-order valence-electron chi connectivity index (χ4n) is 3.57. The van der Waals surface area contributed by atoms with Gasteiger partial charge in [-0.15, -0.1) is 0 Å². The molecule has 0 bridgehead atoms. The van der Waals surface area contributed by atoms with Crippen molar-refractivity contribution in [3.63, 3.8) is 0 Å². The van der Waals surface area contributed by atoms with Crippen molar-refractivity contribution in [3.8, 4) is 0 Å². The molecule has 2 N–H and O–H groups in total. The Morgan fingerprint density at radius 1 is 1.38 bits per heavy atom. The minimum atomic E-state index is -1.16. The zero-order chi connectivity index (χ0) is 15.2. The molecule has 2 aliphatic carbocycles. The van der Waals surface area contributed by atoms with Crippen LogP contribution in [0, 0.1) is 11.8 Å². The molecule has 1 aromatic carbocycles. The number of nitrogens with one attached hydrogen (secondary N) is 1. The predicted octanol–water partition coefficient (Wildman–Crippen LogP) is 2.33. The van der Waals surface area contributed by atoms with E-state index >= 15 is 0 Å². The van der Waals surface area contributed by atoms with Crippen LogP contribution in [0.4, 0.5) is 0 Å². The van der Waals surface area contributed by atoms with E-state index in [1.165, 1.54) is 11.1 Å². The van der Waals surface area contributed by atoms with Gasteiger partial charge in [-0.1, -0.05) is 31.2 Å². The van der Waals surface area contributed by atoms with E-state index in [-0.39, 0.29) is 17.7 Å². The van der Waals surface area contributed by atoms with Gasteiger partial charge in [0.25, 0.3) is 0 Å². The highest BCUT2D eigenvalue weighted by molar-refractivity contribution is 5.90. The van der Waals surface area contributed by atoms with Crippen LogP contribution in [0.25, 0.3) is 0 Å². The van der Waals surface area contributed by atoms with Gasteiger partial charge in [-0.2, -0.15) is 0 Å². The first-order valence-electron chi connectivity index (χ1n) is 7.61. The number of carbonyl (C=O) groups is 2. The van der Waals surface area contributed by atoms with Crippen LogP contribution in [0.1, 0.15) is 43.7 Å². The molecule has 0 spiro atoms. The van der Waals surface area contributed by atoms with Crippen molar-refractivity contribution in [1.82, 2.24) is 5.32 Å². The average Bonchev–Trinajstić information content (AvgIpc) is 3.22. The highest BCUT2D eigenvalue weighted by atomic mass is 16.4. The van der Waals surface area contributed by atoms with E-state index in [1.807, 2.05) is 12.1 Å². The van der Waals surface area contributed by atoms with Crippen LogP contribution in [-0.2, 0) is 16.0 Å². The molecule has 3 rings (SSSR count). The van der Waals surface area contributed by atoms with Crippen LogP contribution in [0.5, 0.6) is 0 Å². The van der Waals surface area contributed by atoms with Crippen molar-refractivity contribution in [3.05, 3.63) is 35.4 Å². The molecule has 4 nitrogen and oxygen atoms in total. The number of amides is 1. The van der Waals surface area contributed by atoms with Crippen LogP contribution in [0.2, 0.25) is 0 Å². The van der Waals surface area contributed by atoms with Crippen LogP contribution in [0.3, 0.4) is 0 Å². The Kier molecular flexibility index (Phi) is 3.27. The second kappa shape index (κ2) is 4.86.